The molecule has 0 aromatic heterocycles. The molecule has 24 heavy (non-hydrogen) atoms. The maximum absolute atomic E-state index is 12.9. The third-order valence-corrected chi connectivity index (χ3v) is 4.87. The average Bonchev–Trinajstić information content (AvgIpc) is 2.73. The number of aliphatic hydroxyl groups is 1. The van der Waals surface area contributed by atoms with Crippen LogP contribution in [-0.4, -0.2) is 16.8 Å². The molecular weight excluding hydrogens is 349 g/mol. The molecule has 0 saturated carbocycles. The molecule has 4 nitrogen and oxygen atoms in total. The van der Waals surface area contributed by atoms with Gasteiger partial charge in [0.2, 0.25) is 0 Å². The Hall–Kier alpha value is -1.88. The van der Waals surface area contributed by atoms with Crippen LogP contribution in [0.1, 0.15) is 24.5 Å². The van der Waals surface area contributed by atoms with Gasteiger partial charge in [-0.3, -0.25) is 9.59 Å². The van der Waals surface area contributed by atoms with Crippen molar-refractivity contribution in [3.63, 3.8) is 0 Å². The lowest BCUT2D eigenvalue weighted by Gasteiger charge is -2.22. The molecule has 0 fully saturated rings. The molecule has 2 aromatic rings. The second-order valence-electron chi connectivity index (χ2n) is 5.87. The number of carbonyl (C=O) groups excluding carboxylic acids is 2. The minimum Gasteiger partial charge on any atom is -0.375 e. The van der Waals surface area contributed by atoms with Crippen LogP contribution in [0.4, 0.5) is 5.69 Å². The highest BCUT2D eigenvalue weighted by atomic mass is 35.5. The van der Waals surface area contributed by atoms with E-state index < -0.39 is 11.5 Å². The van der Waals surface area contributed by atoms with E-state index in [2.05, 4.69) is 0 Å². The summed E-state index contributed by atoms with van der Waals surface area (Å²) in [4.78, 5) is 25.9. The van der Waals surface area contributed by atoms with Crippen LogP contribution in [0.15, 0.2) is 42.5 Å². The van der Waals surface area contributed by atoms with Crippen molar-refractivity contribution in [3.05, 3.63) is 63.6 Å². The number of Topliss-reactive ketones (excluding diaryl/α,β-unsaturated/α-hetero) is 1. The second-order valence-corrected chi connectivity index (χ2v) is 6.66. The normalized spacial score (nSPS) is 19.5. The largest absolute Gasteiger partial charge is 0.375 e. The topological polar surface area (TPSA) is 57.6 Å². The number of rotatable bonds is 4. The van der Waals surface area contributed by atoms with Crippen LogP contribution in [0.3, 0.4) is 0 Å². The predicted octanol–water partition coefficient (Wildman–Crippen LogP) is 3.71. The summed E-state index contributed by atoms with van der Waals surface area (Å²) < 4.78 is 0. The van der Waals surface area contributed by atoms with Gasteiger partial charge in [-0.2, -0.15) is 0 Å². The molecule has 1 N–H and O–H groups in total. The van der Waals surface area contributed by atoms with Crippen molar-refractivity contribution in [2.24, 2.45) is 0 Å². The molecule has 124 valence electrons. The highest BCUT2D eigenvalue weighted by Crippen LogP contribution is 2.48. The Balaban J connectivity index is 2.13. The minimum absolute atomic E-state index is 0.193. The molecule has 1 atom stereocenters. The van der Waals surface area contributed by atoms with Crippen molar-refractivity contribution in [3.8, 4) is 0 Å². The van der Waals surface area contributed by atoms with Crippen LogP contribution in [0, 0.1) is 0 Å². The van der Waals surface area contributed by atoms with E-state index >= 15 is 0 Å². The maximum atomic E-state index is 12.9. The molecule has 1 heterocycles. The summed E-state index contributed by atoms with van der Waals surface area (Å²) >= 11 is 12.4. The first-order chi connectivity index (χ1) is 11.3. The number of hydrogen-bond donors (Lipinski definition) is 1. The first-order valence-corrected chi connectivity index (χ1v) is 8.16. The molecule has 0 saturated heterocycles. The molecule has 0 radical (unpaired) electrons. The van der Waals surface area contributed by atoms with Crippen molar-refractivity contribution < 1.29 is 14.7 Å². The summed E-state index contributed by atoms with van der Waals surface area (Å²) in [5, 5.41) is 11.4. The number of halogens is 2. The summed E-state index contributed by atoms with van der Waals surface area (Å²) in [5.41, 5.74) is -0.362. The number of ketones is 1. The first kappa shape index (κ1) is 17.0. The number of fused-ring (bicyclic) bond motifs is 1. The van der Waals surface area contributed by atoms with Crippen LogP contribution >= 0.6 is 23.2 Å². The number of hydrogen-bond acceptors (Lipinski definition) is 3. The van der Waals surface area contributed by atoms with Gasteiger partial charge in [-0.1, -0.05) is 59.6 Å². The molecule has 0 spiro atoms. The molecule has 6 heteroatoms. The van der Waals surface area contributed by atoms with E-state index in [9.17, 15) is 14.7 Å². The van der Waals surface area contributed by atoms with E-state index in [-0.39, 0.29) is 28.8 Å². The third-order valence-electron chi connectivity index (χ3n) is 4.07. The maximum Gasteiger partial charge on any atom is 0.264 e. The van der Waals surface area contributed by atoms with Gasteiger partial charge >= 0.3 is 0 Å². The highest BCUT2D eigenvalue weighted by Gasteiger charge is 2.51. The Bertz CT molecular complexity index is 823. The van der Waals surface area contributed by atoms with Gasteiger partial charge in [-0.05, 0) is 18.6 Å². The fourth-order valence-corrected chi connectivity index (χ4v) is 3.44. The van der Waals surface area contributed by atoms with Gasteiger partial charge < -0.3 is 10.0 Å². The van der Waals surface area contributed by atoms with Crippen molar-refractivity contribution in [1.82, 2.24) is 0 Å². The predicted molar refractivity (Wildman–Crippen MR) is 93.3 cm³/mol. The lowest BCUT2D eigenvalue weighted by atomic mass is 9.90. The van der Waals surface area contributed by atoms with Gasteiger partial charge in [-0.15, -0.1) is 0 Å². The Morgan fingerprint density at radius 3 is 2.46 bits per heavy atom. The Labute approximate surface area is 149 Å². The van der Waals surface area contributed by atoms with Gasteiger partial charge in [0.1, 0.15) is 5.78 Å². The SMILES string of the molecule is CC(=O)CC1(O)C(=O)N(Cc2ccccc2)c2c1ccc(Cl)c2Cl. The molecule has 0 aliphatic carbocycles. The van der Waals surface area contributed by atoms with Crippen LogP contribution in [0.25, 0.3) is 0 Å². The summed E-state index contributed by atoms with van der Waals surface area (Å²) in [7, 11) is 0. The Kier molecular flexibility index (Phi) is 4.38. The summed E-state index contributed by atoms with van der Waals surface area (Å²) in [6, 6.07) is 12.4. The lowest BCUT2D eigenvalue weighted by Crippen LogP contribution is -2.41. The molecule has 1 aliphatic heterocycles. The summed E-state index contributed by atoms with van der Waals surface area (Å²) in [6.45, 7) is 1.56. The van der Waals surface area contributed by atoms with Gasteiger partial charge in [-0.25, -0.2) is 0 Å². The molecular formula is C18H15Cl2NO3. The van der Waals surface area contributed by atoms with E-state index in [1.165, 1.54) is 17.9 Å². The molecule has 3 rings (SSSR count). The lowest BCUT2D eigenvalue weighted by molar-refractivity contribution is -0.141. The van der Waals surface area contributed by atoms with Crippen molar-refractivity contribution in [1.29, 1.82) is 0 Å². The van der Waals surface area contributed by atoms with E-state index in [4.69, 9.17) is 23.2 Å². The van der Waals surface area contributed by atoms with Crippen LogP contribution < -0.4 is 4.90 Å². The standard InChI is InChI=1S/C18H15Cl2NO3/c1-11(22)9-18(24)13-7-8-14(19)15(20)16(13)21(17(18)23)10-12-5-3-2-4-6-12/h2-8,24H,9-10H2,1H3. The number of carbonyl (C=O) groups is 2. The minimum atomic E-state index is -1.91. The van der Waals surface area contributed by atoms with E-state index in [0.717, 1.165) is 5.56 Å². The van der Waals surface area contributed by atoms with Gasteiger partial charge in [0.25, 0.3) is 5.91 Å². The van der Waals surface area contributed by atoms with E-state index in [0.29, 0.717) is 11.3 Å². The number of amides is 1. The van der Waals surface area contributed by atoms with Gasteiger partial charge in [0.15, 0.2) is 5.60 Å². The van der Waals surface area contributed by atoms with Crippen LogP contribution in [0.5, 0.6) is 0 Å². The molecule has 2 aromatic carbocycles. The summed E-state index contributed by atoms with van der Waals surface area (Å²) in [5.74, 6) is -0.856. The van der Waals surface area contributed by atoms with Gasteiger partial charge in [0.05, 0.1) is 22.3 Å². The molecule has 1 unspecified atom stereocenters. The van der Waals surface area contributed by atoms with Crippen LogP contribution in [0.2, 0.25) is 10.0 Å². The fraction of sp³-hybridized carbons (Fsp3) is 0.222. The molecule has 0 bridgehead atoms. The Morgan fingerprint density at radius 1 is 1.17 bits per heavy atom. The average molecular weight is 364 g/mol. The zero-order valence-corrected chi connectivity index (χ0v) is 14.4. The Morgan fingerprint density at radius 2 is 1.83 bits per heavy atom. The van der Waals surface area contributed by atoms with E-state index in [1.807, 2.05) is 30.3 Å². The zero-order chi connectivity index (χ0) is 17.5. The highest BCUT2D eigenvalue weighted by molar-refractivity contribution is 6.44. The number of nitrogens with zero attached hydrogens (tertiary/aromatic N) is 1. The van der Waals surface area contributed by atoms with E-state index in [1.54, 1.807) is 6.07 Å². The van der Waals surface area contributed by atoms with Gasteiger partial charge in [0, 0.05) is 12.0 Å². The zero-order valence-electron chi connectivity index (χ0n) is 12.9. The second kappa shape index (κ2) is 6.20. The number of benzene rings is 2. The van der Waals surface area contributed by atoms with Crippen LogP contribution in [-0.2, 0) is 21.7 Å². The quantitative estimate of drug-likeness (QED) is 0.900. The third kappa shape index (κ3) is 2.71. The number of anilines is 1. The molecule has 1 amide bonds. The monoisotopic (exact) mass is 363 g/mol. The smallest absolute Gasteiger partial charge is 0.264 e. The molecule has 1 aliphatic rings. The van der Waals surface area contributed by atoms with Crippen molar-refractivity contribution >= 4 is 40.6 Å². The first-order valence-electron chi connectivity index (χ1n) is 7.41. The van der Waals surface area contributed by atoms with Crippen molar-refractivity contribution in [2.45, 2.75) is 25.5 Å². The van der Waals surface area contributed by atoms with Crippen molar-refractivity contribution in [2.75, 3.05) is 4.90 Å². The fourth-order valence-electron chi connectivity index (χ4n) is 3.03. The summed E-state index contributed by atoms with van der Waals surface area (Å²) in [6.07, 6.45) is -0.303.